The summed E-state index contributed by atoms with van der Waals surface area (Å²) in [6.07, 6.45) is 2.87. The number of benzene rings is 1. The summed E-state index contributed by atoms with van der Waals surface area (Å²) < 4.78 is 15.6. The van der Waals surface area contributed by atoms with Gasteiger partial charge in [-0.15, -0.1) is 0 Å². The van der Waals surface area contributed by atoms with Crippen LogP contribution in [0.3, 0.4) is 0 Å². The van der Waals surface area contributed by atoms with E-state index in [0.29, 0.717) is 18.7 Å². The lowest BCUT2D eigenvalue weighted by Crippen LogP contribution is -2.31. The normalized spacial score (nSPS) is 12.9. The van der Waals surface area contributed by atoms with E-state index in [1.807, 2.05) is 37.1 Å². The first kappa shape index (κ1) is 15.7. The molecule has 0 aliphatic rings. The number of nitrogens with zero attached hydrogens (tertiary/aromatic N) is 3. The van der Waals surface area contributed by atoms with Crippen LogP contribution in [0.1, 0.15) is 29.8 Å². The van der Waals surface area contributed by atoms with Crippen LogP contribution in [-0.4, -0.2) is 28.3 Å². The highest BCUT2D eigenvalue weighted by Crippen LogP contribution is 2.24. The maximum atomic E-state index is 13.8. The summed E-state index contributed by atoms with van der Waals surface area (Å²) in [5.74, 6) is -0.179. The van der Waals surface area contributed by atoms with Crippen LogP contribution in [0.2, 0.25) is 0 Å². The van der Waals surface area contributed by atoms with Crippen LogP contribution >= 0.6 is 0 Å². The van der Waals surface area contributed by atoms with Gasteiger partial charge in [0.1, 0.15) is 5.82 Å². The van der Waals surface area contributed by atoms with Crippen molar-refractivity contribution in [2.75, 3.05) is 13.6 Å². The van der Waals surface area contributed by atoms with Crippen molar-refractivity contribution in [2.45, 2.75) is 25.9 Å². The van der Waals surface area contributed by atoms with Crippen molar-refractivity contribution in [3.63, 3.8) is 0 Å². The van der Waals surface area contributed by atoms with E-state index in [1.54, 1.807) is 6.07 Å². The maximum Gasteiger partial charge on any atom is 0.127 e. The lowest BCUT2D eigenvalue weighted by molar-refractivity contribution is 0.237. The van der Waals surface area contributed by atoms with Crippen LogP contribution < -0.4 is 5.73 Å². The van der Waals surface area contributed by atoms with Gasteiger partial charge in [-0.25, -0.2) is 4.39 Å². The van der Waals surface area contributed by atoms with E-state index in [2.05, 4.69) is 16.9 Å². The molecule has 0 fully saturated rings. The molecule has 2 aromatic rings. The Hall–Kier alpha value is -1.72. The molecule has 0 aliphatic heterocycles. The van der Waals surface area contributed by atoms with Crippen molar-refractivity contribution < 1.29 is 4.39 Å². The topological polar surface area (TPSA) is 47.1 Å². The van der Waals surface area contributed by atoms with Gasteiger partial charge in [0.05, 0.1) is 11.7 Å². The quantitative estimate of drug-likeness (QED) is 0.887. The second-order valence-electron chi connectivity index (χ2n) is 5.32. The summed E-state index contributed by atoms with van der Waals surface area (Å²) >= 11 is 0. The van der Waals surface area contributed by atoms with Crippen molar-refractivity contribution in [3.05, 3.63) is 53.1 Å². The lowest BCUT2D eigenvalue weighted by atomic mass is 10.0. The zero-order valence-electron chi connectivity index (χ0n) is 12.9. The Labute approximate surface area is 125 Å². The number of aryl methyl sites for hydroxylation is 2. The molecule has 0 amide bonds. The van der Waals surface area contributed by atoms with Crippen LogP contribution in [0.25, 0.3) is 0 Å². The van der Waals surface area contributed by atoms with Gasteiger partial charge < -0.3 is 5.73 Å². The highest BCUT2D eigenvalue weighted by atomic mass is 19.1. The molecule has 0 saturated heterocycles. The van der Waals surface area contributed by atoms with E-state index in [9.17, 15) is 4.39 Å². The van der Waals surface area contributed by atoms with Gasteiger partial charge in [0, 0.05) is 37.5 Å². The van der Waals surface area contributed by atoms with Crippen LogP contribution in [0.15, 0.2) is 30.5 Å². The molecule has 1 heterocycles. The fourth-order valence-corrected chi connectivity index (χ4v) is 2.66. The number of likely N-dealkylation sites (N-methyl/N-ethyl adjacent to an activating group) is 1. The largest absolute Gasteiger partial charge is 0.329 e. The summed E-state index contributed by atoms with van der Waals surface area (Å²) in [5.41, 5.74) is 8.81. The average Bonchev–Trinajstić information content (AvgIpc) is 2.83. The highest BCUT2D eigenvalue weighted by molar-refractivity contribution is 5.23. The molecule has 4 nitrogen and oxygen atoms in total. The smallest absolute Gasteiger partial charge is 0.127 e. The molecule has 21 heavy (non-hydrogen) atoms. The minimum Gasteiger partial charge on any atom is -0.329 e. The molecule has 0 radical (unpaired) electrons. The summed E-state index contributed by atoms with van der Waals surface area (Å²) in [6, 6.07) is 6.89. The Kier molecular flexibility index (Phi) is 5.09. The van der Waals surface area contributed by atoms with E-state index in [1.165, 1.54) is 6.07 Å². The maximum absolute atomic E-state index is 13.8. The fraction of sp³-hybridized carbons (Fsp3) is 0.438. The molecule has 0 aliphatic carbocycles. The van der Waals surface area contributed by atoms with Crippen molar-refractivity contribution in [3.8, 4) is 0 Å². The van der Waals surface area contributed by atoms with E-state index in [0.717, 1.165) is 17.7 Å². The fourth-order valence-electron chi connectivity index (χ4n) is 2.66. The predicted molar refractivity (Wildman–Crippen MR) is 82.2 cm³/mol. The van der Waals surface area contributed by atoms with E-state index in [-0.39, 0.29) is 11.9 Å². The summed E-state index contributed by atoms with van der Waals surface area (Å²) in [6.45, 7) is 3.08. The highest BCUT2D eigenvalue weighted by Gasteiger charge is 2.21. The number of hydrogen-bond donors (Lipinski definition) is 1. The molecule has 1 aromatic heterocycles. The number of halogens is 1. The monoisotopic (exact) mass is 290 g/mol. The summed E-state index contributed by atoms with van der Waals surface area (Å²) in [7, 11) is 3.88. The molecule has 1 unspecified atom stereocenters. The van der Waals surface area contributed by atoms with Gasteiger partial charge in [0.25, 0.3) is 0 Å². The molecule has 114 valence electrons. The molecule has 2 rings (SSSR count). The van der Waals surface area contributed by atoms with Gasteiger partial charge in [-0.2, -0.15) is 5.10 Å². The lowest BCUT2D eigenvalue weighted by Gasteiger charge is -2.27. The Bertz CT molecular complexity index is 594. The van der Waals surface area contributed by atoms with Gasteiger partial charge >= 0.3 is 0 Å². The van der Waals surface area contributed by atoms with Crippen LogP contribution in [-0.2, 0) is 20.0 Å². The Morgan fingerprint density at radius 2 is 2.10 bits per heavy atom. The van der Waals surface area contributed by atoms with Crippen molar-refractivity contribution >= 4 is 0 Å². The molecule has 0 saturated carbocycles. The zero-order chi connectivity index (χ0) is 15.4. The molecular formula is C16H23FN4. The van der Waals surface area contributed by atoms with E-state index < -0.39 is 0 Å². The Morgan fingerprint density at radius 1 is 1.38 bits per heavy atom. The first-order valence-electron chi connectivity index (χ1n) is 7.23. The zero-order valence-corrected chi connectivity index (χ0v) is 12.9. The summed E-state index contributed by atoms with van der Waals surface area (Å²) in [5, 5.41) is 4.47. The third-order valence-electron chi connectivity index (χ3n) is 3.76. The molecule has 2 N–H and O–H groups in total. The Morgan fingerprint density at radius 3 is 2.71 bits per heavy atom. The van der Waals surface area contributed by atoms with Crippen LogP contribution in [0, 0.1) is 5.82 Å². The average molecular weight is 290 g/mol. The molecular weight excluding hydrogens is 267 g/mol. The standard InChI is InChI=1S/C16H23FN4/c1-4-15-13(11-21(3)19-15)16(9-18)20(2)10-12-7-5-6-8-14(12)17/h5-8,11,16H,4,9-10,18H2,1-3H3. The molecule has 5 heteroatoms. The van der Waals surface area contributed by atoms with Crippen LogP contribution in [0.5, 0.6) is 0 Å². The number of aromatic nitrogens is 2. The van der Waals surface area contributed by atoms with Crippen LogP contribution in [0.4, 0.5) is 4.39 Å². The first-order valence-corrected chi connectivity index (χ1v) is 7.23. The van der Waals surface area contributed by atoms with Gasteiger partial charge in [0.2, 0.25) is 0 Å². The third-order valence-corrected chi connectivity index (χ3v) is 3.76. The number of rotatable bonds is 6. The minimum absolute atomic E-state index is 0.0354. The number of nitrogens with two attached hydrogens (primary N) is 1. The van der Waals surface area contributed by atoms with Gasteiger partial charge in [-0.3, -0.25) is 9.58 Å². The molecule has 0 bridgehead atoms. The van der Waals surface area contributed by atoms with E-state index in [4.69, 9.17) is 5.73 Å². The van der Waals surface area contributed by atoms with Gasteiger partial charge in [0.15, 0.2) is 0 Å². The second-order valence-corrected chi connectivity index (χ2v) is 5.32. The van der Waals surface area contributed by atoms with Gasteiger partial charge in [-0.05, 0) is 19.5 Å². The Balaban J connectivity index is 2.22. The number of hydrogen-bond acceptors (Lipinski definition) is 3. The molecule has 1 atom stereocenters. The molecule has 1 aromatic carbocycles. The molecule has 0 spiro atoms. The van der Waals surface area contributed by atoms with Crippen molar-refractivity contribution in [1.82, 2.24) is 14.7 Å². The van der Waals surface area contributed by atoms with Gasteiger partial charge in [-0.1, -0.05) is 25.1 Å². The SMILES string of the molecule is CCc1nn(C)cc1C(CN)N(C)Cc1ccccc1F. The summed E-state index contributed by atoms with van der Waals surface area (Å²) in [4.78, 5) is 2.08. The van der Waals surface area contributed by atoms with Crippen molar-refractivity contribution in [2.24, 2.45) is 12.8 Å². The first-order chi connectivity index (χ1) is 10.1. The third kappa shape index (κ3) is 3.49. The van der Waals surface area contributed by atoms with E-state index >= 15 is 0 Å². The predicted octanol–water partition coefficient (Wildman–Crippen LogP) is 2.25. The minimum atomic E-state index is -0.179. The second kappa shape index (κ2) is 6.83. The van der Waals surface area contributed by atoms with Crippen molar-refractivity contribution in [1.29, 1.82) is 0 Å².